The Hall–Kier alpha value is -1.73. The van der Waals surface area contributed by atoms with Gasteiger partial charge >= 0.3 is 18.1 Å². The van der Waals surface area contributed by atoms with E-state index in [1.807, 2.05) is 0 Å². The molecular weight excluding hydrogens is 311 g/mol. The zero-order valence-corrected chi connectivity index (χ0v) is 11.6. The molecule has 1 atom stereocenters. The molecule has 4 nitrogen and oxygen atoms in total. The van der Waals surface area contributed by atoms with E-state index < -0.39 is 23.6 Å². The van der Waals surface area contributed by atoms with Crippen LogP contribution in [0.4, 0.5) is 23.7 Å². The van der Waals surface area contributed by atoms with Crippen molar-refractivity contribution in [3.8, 4) is 0 Å². The minimum Gasteiger partial charge on any atom is -0.402 e. The molecule has 0 saturated carbocycles. The minimum atomic E-state index is -4.97. The van der Waals surface area contributed by atoms with E-state index in [9.17, 15) is 18.0 Å². The van der Waals surface area contributed by atoms with E-state index >= 15 is 0 Å². The van der Waals surface area contributed by atoms with Crippen LogP contribution in [0.2, 0.25) is 5.02 Å². The van der Waals surface area contributed by atoms with E-state index in [0.29, 0.717) is 0 Å². The smallest absolute Gasteiger partial charge is 0.402 e. The average Bonchev–Trinajstić information content (AvgIpc) is 2.38. The molecule has 21 heavy (non-hydrogen) atoms. The lowest BCUT2D eigenvalue weighted by molar-refractivity contribution is -0.368. The maximum Gasteiger partial charge on any atom is 0.460 e. The van der Waals surface area contributed by atoms with Crippen molar-refractivity contribution in [1.82, 2.24) is 0 Å². The second-order valence-corrected chi connectivity index (χ2v) is 4.64. The third kappa shape index (κ3) is 2.84. The number of nitrogens with one attached hydrogen (secondary N) is 1. The summed E-state index contributed by atoms with van der Waals surface area (Å²) in [5.41, 5.74) is -0.458. The molecule has 1 aliphatic rings. The van der Waals surface area contributed by atoms with Gasteiger partial charge in [-0.05, 0) is 25.1 Å². The number of fused-ring (bicyclic) bond motifs is 1. The van der Waals surface area contributed by atoms with Gasteiger partial charge in [0, 0.05) is 5.02 Å². The molecule has 0 spiro atoms. The second kappa shape index (κ2) is 5.57. The van der Waals surface area contributed by atoms with Crippen LogP contribution in [-0.2, 0) is 15.3 Å². The molecule has 114 valence electrons. The number of hydrogen-bond acceptors (Lipinski definition) is 3. The summed E-state index contributed by atoms with van der Waals surface area (Å²) in [6, 6.07) is 3.68. The topological polar surface area (TPSA) is 47.6 Å². The van der Waals surface area contributed by atoms with E-state index in [4.69, 9.17) is 16.3 Å². The van der Waals surface area contributed by atoms with Gasteiger partial charge in [-0.2, -0.15) is 13.2 Å². The fourth-order valence-electron chi connectivity index (χ4n) is 1.88. The molecule has 1 unspecified atom stereocenters. The van der Waals surface area contributed by atoms with Crippen molar-refractivity contribution in [2.75, 3.05) is 11.9 Å². The molecule has 1 amide bonds. The van der Waals surface area contributed by atoms with Crippen molar-refractivity contribution in [2.24, 2.45) is 0 Å². The number of cyclic esters (lactones) is 1. The van der Waals surface area contributed by atoms with Crippen molar-refractivity contribution in [1.29, 1.82) is 0 Å². The Kier molecular flexibility index (Phi) is 4.15. The summed E-state index contributed by atoms with van der Waals surface area (Å²) in [4.78, 5) is 11.4. The first-order valence-electron chi connectivity index (χ1n) is 5.92. The van der Waals surface area contributed by atoms with Crippen LogP contribution in [0.25, 0.3) is 0 Å². The average molecular weight is 322 g/mol. The van der Waals surface area contributed by atoms with Crippen LogP contribution >= 0.6 is 11.6 Å². The maximum atomic E-state index is 13.5. The van der Waals surface area contributed by atoms with Crippen molar-refractivity contribution < 1.29 is 27.4 Å². The number of amides is 1. The minimum absolute atomic E-state index is 0.0616. The Morgan fingerprint density at radius 3 is 2.81 bits per heavy atom. The molecule has 0 radical (unpaired) electrons. The van der Waals surface area contributed by atoms with Crippen molar-refractivity contribution in [2.45, 2.75) is 18.9 Å². The van der Waals surface area contributed by atoms with Crippen molar-refractivity contribution in [3.05, 3.63) is 40.9 Å². The molecule has 0 saturated heterocycles. The monoisotopic (exact) mass is 321 g/mol. The van der Waals surface area contributed by atoms with Crippen LogP contribution in [-0.4, -0.2) is 18.9 Å². The lowest BCUT2D eigenvalue weighted by atomic mass is 10.0. The lowest BCUT2D eigenvalue weighted by Gasteiger charge is -2.38. The molecule has 1 aliphatic heterocycles. The number of alkyl halides is 3. The van der Waals surface area contributed by atoms with E-state index in [1.165, 1.54) is 24.3 Å². The number of ether oxygens (including phenoxy) is 2. The Morgan fingerprint density at radius 1 is 1.48 bits per heavy atom. The van der Waals surface area contributed by atoms with Gasteiger partial charge in [-0.3, -0.25) is 5.32 Å². The van der Waals surface area contributed by atoms with E-state index in [0.717, 1.165) is 6.07 Å². The first-order chi connectivity index (χ1) is 9.80. The molecule has 0 aromatic heterocycles. The molecule has 0 fully saturated rings. The molecule has 2 rings (SSSR count). The van der Waals surface area contributed by atoms with Crippen LogP contribution in [0.5, 0.6) is 0 Å². The number of anilines is 1. The van der Waals surface area contributed by atoms with Gasteiger partial charge < -0.3 is 9.47 Å². The van der Waals surface area contributed by atoms with E-state index in [-0.39, 0.29) is 17.3 Å². The van der Waals surface area contributed by atoms with E-state index in [2.05, 4.69) is 10.1 Å². The highest BCUT2D eigenvalue weighted by molar-refractivity contribution is 6.30. The lowest BCUT2D eigenvalue weighted by Crippen LogP contribution is -2.52. The van der Waals surface area contributed by atoms with Crippen LogP contribution in [0.15, 0.2) is 30.4 Å². The summed E-state index contributed by atoms with van der Waals surface area (Å²) in [6.45, 7) is 1.25. The van der Waals surface area contributed by atoms with Crippen LogP contribution < -0.4 is 5.32 Å². The third-order valence-corrected chi connectivity index (χ3v) is 3.04. The number of halogens is 4. The second-order valence-electron chi connectivity index (χ2n) is 4.20. The zero-order valence-electron chi connectivity index (χ0n) is 10.8. The van der Waals surface area contributed by atoms with Gasteiger partial charge in [0.2, 0.25) is 0 Å². The van der Waals surface area contributed by atoms with Crippen LogP contribution in [0, 0.1) is 0 Å². The fourth-order valence-corrected chi connectivity index (χ4v) is 2.05. The third-order valence-electron chi connectivity index (χ3n) is 2.80. The van der Waals surface area contributed by atoms with Gasteiger partial charge in [-0.1, -0.05) is 23.8 Å². The molecule has 1 aromatic carbocycles. The largest absolute Gasteiger partial charge is 0.460 e. The molecular formula is C13H11ClF3NO3. The van der Waals surface area contributed by atoms with Crippen LogP contribution in [0.1, 0.15) is 12.5 Å². The predicted octanol–water partition coefficient (Wildman–Crippen LogP) is 4.21. The van der Waals surface area contributed by atoms with Crippen LogP contribution in [0.3, 0.4) is 0 Å². The summed E-state index contributed by atoms with van der Waals surface area (Å²) < 4.78 is 49.9. The normalized spacial score (nSPS) is 21.9. The number of carbonyl (C=O) groups is 1. The highest BCUT2D eigenvalue weighted by Crippen LogP contribution is 2.48. The molecule has 1 N–H and O–H groups in total. The molecule has 1 aromatic rings. The van der Waals surface area contributed by atoms with Gasteiger partial charge in [-0.25, -0.2) is 4.79 Å². The number of allylic oxidation sites excluding steroid dienone is 1. The predicted molar refractivity (Wildman–Crippen MR) is 70.1 cm³/mol. The molecule has 0 bridgehead atoms. The summed E-state index contributed by atoms with van der Waals surface area (Å²) in [7, 11) is 0. The Morgan fingerprint density at radius 2 is 2.19 bits per heavy atom. The first-order valence-corrected chi connectivity index (χ1v) is 6.30. The molecule has 0 aliphatic carbocycles. The van der Waals surface area contributed by atoms with Crippen molar-refractivity contribution >= 4 is 23.4 Å². The fraction of sp³-hybridized carbons (Fsp3) is 0.308. The summed E-state index contributed by atoms with van der Waals surface area (Å²) in [5.74, 6) is -3.19. The van der Waals surface area contributed by atoms with Gasteiger partial charge in [0.05, 0.1) is 17.9 Å². The summed E-state index contributed by atoms with van der Waals surface area (Å²) in [5, 5.41) is 2.25. The highest BCUT2D eigenvalue weighted by Gasteiger charge is 2.64. The molecule has 1 heterocycles. The van der Waals surface area contributed by atoms with Crippen molar-refractivity contribution in [3.63, 3.8) is 0 Å². The van der Waals surface area contributed by atoms with Gasteiger partial charge in [0.15, 0.2) is 0 Å². The Bertz CT molecular complexity index is 589. The molecule has 8 heteroatoms. The quantitative estimate of drug-likeness (QED) is 0.848. The Labute approximate surface area is 123 Å². The highest BCUT2D eigenvalue weighted by atomic mass is 35.5. The van der Waals surface area contributed by atoms with Gasteiger partial charge in [0.25, 0.3) is 0 Å². The number of hydrogen-bond donors (Lipinski definition) is 1. The first kappa shape index (κ1) is 15.7. The Balaban J connectivity index is 2.58. The maximum absolute atomic E-state index is 13.5. The standard InChI is InChI=1S/C13H11ClF3NO3/c1-2-3-6-20-12(13(15,16)17)9-7-8(14)4-5-10(9)18-11(19)21-12/h2-5,7H,6H2,1H3,(H,18,19)/b3-2-. The van der Waals surface area contributed by atoms with Gasteiger partial charge in [0.1, 0.15) is 0 Å². The summed E-state index contributed by atoms with van der Waals surface area (Å²) in [6.07, 6.45) is -3.33. The SMILES string of the molecule is C/C=C\COC1(C(F)(F)F)OC(=O)Nc2ccc(Cl)cc21. The van der Waals surface area contributed by atoms with Gasteiger partial charge in [-0.15, -0.1) is 0 Å². The summed E-state index contributed by atoms with van der Waals surface area (Å²) >= 11 is 5.75. The number of benzene rings is 1. The number of carbonyl (C=O) groups excluding carboxylic acids is 1. The number of rotatable bonds is 3. The van der Waals surface area contributed by atoms with E-state index in [1.54, 1.807) is 6.92 Å². The zero-order chi connectivity index (χ0) is 15.7.